The van der Waals surface area contributed by atoms with Crippen LogP contribution in [0.2, 0.25) is 0 Å². The van der Waals surface area contributed by atoms with E-state index in [1.54, 1.807) is 12.4 Å². The number of allylic oxidation sites excluding steroid dienone is 3. The van der Waals surface area contributed by atoms with Crippen molar-refractivity contribution < 1.29 is 0 Å². The fourth-order valence-corrected chi connectivity index (χ4v) is 7.58. The first-order valence-electron chi connectivity index (χ1n) is 19.8. The van der Waals surface area contributed by atoms with Gasteiger partial charge in [0.25, 0.3) is 0 Å². The number of fused-ring (bicyclic) bond motifs is 5. The molecule has 9 nitrogen and oxygen atoms in total. The molecule has 0 radical (unpaired) electrons. The number of rotatable bonds is 9. The number of aromatic amines is 1. The van der Waals surface area contributed by atoms with Gasteiger partial charge in [-0.05, 0) is 116 Å². The molecule has 1 unspecified atom stereocenters. The minimum Gasteiger partial charge on any atom is -0.387 e. The summed E-state index contributed by atoms with van der Waals surface area (Å²) in [5.74, 6) is 0.225. The van der Waals surface area contributed by atoms with Crippen LogP contribution in [0.1, 0.15) is 59.8 Å². The lowest BCUT2D eigenvalue weighted by atomic mass is 9.96. The maximum atomic E-state index is 5.18. The molecule has 1 aliphatic rings. The van der Waals surface area contributed by atoms with Gasteiger partial charge in [-0.25, -0.2) is 4.98 Å². The summed E-state index contributed by atoms with van der Waals surface area (Å²) < 4.78 is 4.65. The largest absolute Gasteiger partial charge is 0.387 e. The Morgan fingerprint density at radius 3 is 2.27 bits per heavy atom. The van der Waals surface area contributed by atoms with Gasteiger partial charge in [-0.15, -0.1) is 0 Å². The number of aromatic nitrogens is 7. The fourth-order valence-electron chi connectivity index (χ4n) is 7.58. The van der Waals surface area contributed by atoms with Crippen LogP contribution >= 0.6 is 0 Å². The number of benzene rings is 1. The molecule has 8 aromatic rings. The van der Waals surface area contributed by atoms with Crippen LogP contribution in [0.3, 0.4) is 0 Å². The Balaban J connectivity index is 0.000000345. The van der Waals surface area contributed by atoms with Crippen molar-refractivity contribution in [3.63, 3.8) is 0 Å². The van der Waals surface area contributed by atoms with Crippen LogP contribution < -0.4 is 10.6 Å². The number of nitrogens with zero attached hydrogens (tertiary/aromatic N) is 6. The van der Waals surface area contributed by atoms with Gasteiger partial charge < -0.3 is 20.2 Å². The molecule has 0 saturated heterocycles. The maximum absolute atomic E-state index is 5.18. The average Bonchev–Trinajstić information content (AvgIpc) is 3.98. The predicted molar refractivity (Wildman–Crippen MR) is 246 cm³/mol. The molecule has 7 aromatic heterocycles. The van der Waals surface area contributed by atoms with Gasteiger partial charge in [-0.3, -0.25) is 19.5 Å². The third kappa shape index (κ3) is 8.70. The normalized spacial score (nSPS) is 12.4. The molecule has 0 saturated carbocycles. The van der Waals surface area contributed by atoms with E-state index in [1.807, 2.05) is 107 Å². The topological polar surface area (TPSA) is 101 Å². The zero-order valence-electron chi connectivity index (χ0n) is 34.4. The third-order valence-electron chi connectivity index (χ3n) is 10.3. The highest BCUT2D eigenvalue weighted by Gasteiger charge is 2.27. The van der Waals surface area contributed by atoms with Crippen molar-refractivity contribution in [1.82, 2.24) is 39.4 Å². The Kier molecular flexibility index (Phi) is 12.4. The highest BCUT2D eigenvalue weighted by molar-refractivity contribution is 6.14. The molecule has 1 aliphatic heterocycles. The molecule has 8 heterocycles. The maximum Gasteiger partial charge on any atom is 0.147 e. The number of hydrogen-bond acceptors (Lipinski definition) is 6. The van der Waals surface area contributed by atoms with E-state index in [0.29, 0.717) is 6.54 Å². The summed E-state index contributed by atoms with van der Waals surface area (Å²) in [5, 5.41) is 9.11. The number of hydrogen-bond donors (Lipinski definition) is 3. The van der Waals surface area contributed by atoms with E-state index in [0.717, 1.165) is 73.5 Å². The van der Waals surface area contributed by atoms with E-state index in [9.17, 15) is 0 Å². The van der Waals surface area contributed by atoms with E-state index in [1.165, 1.54) is 22.3 Å². The monoisotopic (exact) mass is 777 g/mol. The van der Waals surface area contributed by atoms with Gasteiger partial charge >= 0.3 is 0 Å². The standard InChI is InChI=1S/C39H37N7.C6H7N.C5H7N/c1-6-34-37(40-5)33-24-44-39-36(38(33)45(34)31(18-25(2)3)19-26(4)28-11-8-15-41-21-28)32-23-43-17-14-35(32)46(39)30-13-7-10-27(20-30)29-12-9-16-42-22-29;1-6-3-2-4-7-5-6;1-5-2-3-6-4-5/h6-18,20-22,24,26,40,43H,1-2,19,23H2,3-5H3;2-5H,1H3;2-4,6H,1H3/b31-18+;;. The molecular formula is C50H51N9. The van der Waals surface area contributed by atoms with E-state index in [2.05, 4.69) is 115 Å². The lowest BCUT2D eigenvalue weighted by Crippen LogP contribution is -2.11. The Bertz CT molecular complexity index is 2740. The molecule has 0 amide bonds. The Hall–Kier alpha value is -7.26. The van der Waals surface area contributed by atoms with E-state index < -0.39 is 0 Å². The highest BCUT2D eigenvalue weighted by atomic mass is 15.1. The Morgan fingerprint density at radius 2 is 1.68 bits per heavy atom. The van der Waals surface area contributed by atoms with Crippen molar-refractivity contribution in [2.45, 2.75) is 46.6 Å². The third-order valence-corrected chi connectivity index (χ3v) is 10.3. The molecule has 0 aliphatic carbocycles. The summed E-state index contributed by atoms with van der Waals surface area (Å²) in [6.45, 7) is 17.6. The van der Waals surface area contributed by atoms with Crippen LogP contribution in [0.15, 0.2) is 154 Å². The van der Waals surface area contributed by atoms with Crippen LogP contribution in [0.4, 0.5) is 5.69 Å². The molecule has 9 rings (SSSR count). The van der Waals surface area contributed by atoms with Gasteiger partial charge in [0.1, 0.15) is 5.65 Å². The van der Waals surface area contributed by atoms with Crippen molar-refractivity contribution in [2.24, 2.45) is 0 Å². The number of anilines is 1. The zero-order chi connectivity index (χ0) is 41.3. The second-order valence-corrected chi connectivity index (χ2v) is 14.8. The number of H-pyrrole nitrogens is 1. The molecule has 59 heavy (non-hydrogen) atoms. The van der Waals surface area contributed by atoms with Crippen LogP contribution in [0, 0.1) is 13.8 Å². The minimum atomic E-state index is 0.225. The summed E-state index contributed by atoms with van der Waals surface area (Å²) in [6, 6.07) is 22.8. The Morgan fingerprint density at radius 1 is 0.915 bits per heavy atom. The van der Waals surface area contributed by atoms with Crippen molar-refractivity contribution in [3.05, 3.63) is 187 Å². The average molecular weight is 778 g/mol. The molecule has 1 atom stereocenters. The van der Waals surface area contributed by atoms with E-state index >= 15 is 0 Å². The Labute approximate surface area is 346 Å². The van der Waals surface area contributed by atoms with Crippen molar-refractivity contribution in [3.8, 4) is 16.8 Å². The second-order valence-electron chi connectivity index (χ2n) is 14.8. The first-order chi connectivity index (χ1) is 28.8. The number of aryl methyl sites for hydroxylation is 2. The van der Waals surface area contributed by atoms with Crippen LogP contribution in [0.5, 0.6) is 0 Å². The smallest absolute Gasteiger partial charge is 0.147 e. The molecule has 1 aromatic carbocycles. The minimum absolute atomic E-state index is 0.225. The molecule has 3 N–H and O–H groups in total. The molecule has 296 valence electrons. The first kappa shape index (κ1) is 40.0. The number of pyridine rings is 4. The van der Waals surface area contributed by atoms with E-state index in [-0.39, 0.29) is 5.92 Å². The molecule has 0 fully saturated rings. The predicted octanol–water partition coefficient (Wildman–Crippen LogP) is 11.5. The lowest BCUT2D eigenvalue weighted by Gasteiger charge is -2.19. The molecular weight excluding hydrogens is 727 g/mol. The number of nitrogens with one attached hydrogen (secondary N) is 3. The highest BCUT2D eigenvalue weighted by Crippen LogP contribution is 2.43. The quantitative estimate of drug-likeness (QED) is 0.126. The van der Waals surface area contributed by atoms with Crippen molar-refractivity contribution in [1.29, 1.82) is 0 Å². The first-order valence-corrected chi connectivity index (χ1v) is 19.8. The summed E-state index contributed by atoms with van der Waals surface area (Å²) in [7, 11) is 1.96. The molecule has 0 spiro atoms. The van der Waals surface area contributed by atoms with E-state index in [4.69, 9.17) is 4.98 Å². The molecule has 0 bridgehead atoms. The summed E-state index contributed by atoms with van der Waals surface area (Å²) in [6.07, 6.45) is 26.1. The van der Waals surface area contributed by atoms with Crippen molar-refractivity contribution >= 4 is 45.5 Å². The summed E-state index contributed by atoms with van der Waals surface area (Å²) in [5.41, 5.74) is 15.4. The summed E-state index contributed by atoms with van der Waals surface area (Å²) in [4.78, 5) is 20.7. The fraction of sp³-hybridized carbons (Fsp3) is 0.160. The van der Waals surface area contributed by atoms with Gasteiger partial charge in [0, 0.05) is 103 Å². The van der Waals surface area contributed by atoms with Gasteiger partial charge in [0.05, 0.1) is 22.6 Å². The molecule has 9 heteroatoms. The van der Waals surface area contributed by atoms with Crippen LogP contribution in [-0.4, -0.2) is 41.1 Å². The second kappa shape index (κ2) is 18.3. The van der Waals surface area contributed by atoms with Gasteiger partial charge in [0.15, 0.2) is 0 Å². The summed E-state index contributed by atoms with van der Waals surface area (Å²) >= 11 is 0. The van der Waals surface area contributed by atoms with Crippen LogP contribution in [0.25, 0.3) is 56.6 Å². The van der Waals surface area contributed by atoms with Gasteiger partial charge in [0.2, 0.25) is 0 Å². The van der Waals surface area contributed by atoms with Gasteiger partial charge in [-0.2, -0.15) is 0 Å². The van der Waals surface area contributed by atoms with Crippen molar-refractivity contribution in [2.75, 3.05) is 12.4 Å². The van der Waals surface area contributed by atoms with Gasteiger partial charge in [-0.1, -0.05) is 56.0 Å². The van der Waals surface area contributed by atoms with Crippen LogP contribution in [-0.2, 0) is 6.54 Å². The zero-order valence-corrected chi connectivity index (χ0v) is 34.4. The lowest BCUT2D eigenvalue weighted by molar-refractivity contribution is 0.763. The SMILES string of the molecule is C=Cc1c(NC)c2cnc3c(c4c(n3-c3cccc(-c5cccnc5)c3)C=CNC4)c2n1/C(=C/C(=C)C)CC(C)c1cccnc1.Cc1cc[nH]c1.Cc1cccnc1.